The van der Waals surface area contributed by atoms with Crippen molar-refractivity contribution < 1.29 is 0 Å². The van der Waals surface area contributed by atoms with Crippen LogP contribution >= 0.6 is 0 Å². The molecule has 0 saturated carbocycles. The topological polar surface area (TPSA) is 17.8 Å². The predicted octanol–water partition coefficient (Wildman–Crippen LogP) is 3.96. The molecule has 0 amide bonds. The lowest BCUT2D eigenvalue weighted by Gasteiger charge is -2.16. The third-order valence-corrected chi connectivity index (χ3v) is 3.13. The first-order valence-electron chi connectivity index (χ1n) is 6.23. The maximum atomic E-state index is 4.70. The lowest BCUT2D eigenvalue weighted by atomic mass is 10.2. The van der Waals surface area contributed by atoms with E-state index in [0.29, 0.717) is 6.04 Å². The molecule has 0 bridgehead atoms. The van der Waals surface area contributed by atoms with Gasteiger partial charge in [0.1, 0.15) is 5.82 Å². The van der Waals surface area contributed by atoms with Crippen molar-refractivity contribution >= 4 is 11.0 Å². The van der Waals surface area contributed by atoms with Crippen LogP contribution in [0, 0.1) is 0 Å². The van der Waals surface area contributed by atoms with Crippen molar-refractivity contribution in [3.8, 4) is 0 Å². The summed E-state index contributed by atoms with van der Waals surface area (Å²) in [6.07, 6.45) is 3.44. The largest absolute Gasteiger partial charge is 0.325 e. The van der Waals surface area contributed by atoms with Crippen molar-refractivity contribution in [3.05, 3.63) is 30.1 Å². The van der Waals surface area contributed by atoms with E-state index in [1.165, 1.54) is 24.2 Å². The number of hydrogen-bond donors (Lipinski definition) is 0. The van der Waals surface area contributed by atoms with Gasteiger partial charge in [0, 0.05) is 12.5 Å². The van der Waals surface area contributed by atoms with Crippen molar-refractivity contribution in [2.45, 2.75) is 46.1 Å². The Bertz CT molecular complexity index is 471. The van der Waals surface area contributed by atoms with E-state index in [2.05, 4.69) is 49.6 Å². The summed E-state index contributed by atoms with van der Waals surface area (Å²) in [6, 6.07) is 8.98. The number of nitrogens with zero attached hydrogens (tertiary/aromatic N) is 2. The van der Waals surface area contributed by atoms with Gasteiger partial charge >= 0.3 is 0 Å². The lowest BCUT2D eigenvalue weighted by Crippen LogP contribution is -2.08. The molecule has 0 aliphatic carbocycles. The van der Waals surface area contributed by atoms with Crippen LogP contribution in [-0.2, 0) is 6.42 Å². The van der Waals surface area contributed by atoms with Crippen molar-refractivity contribution in [1.29, 1.82) is 0 Å². The van der Waals surface area contributed by atoms with Gasteiger partial charge in [-0.25, -0.2) is 4.98 Å². The van der Waals surface area contributed by atoms with E-state index in [9.17, 15) is 0 Å². The molecule has 2 nitrogen and oxygen atoms in total. The Morgan fingerprint density at radius 2 is 2.00 bits per heavy atom. The van der Waals surface area contributed by atoms with Gasteiger partial charge in [0.05, 0.1) is 11.0 Å². The van der Waals surface area contributed by atoms with Gasteiger partial charge < -0.3 is 4.57 Å². The van der Waals surface area contributed by atoms with Crippen LogP contribution in [0.15, 0.2) is 24.3 Å². The minimum absolute atomic E-state index is 0.548. The molecule has 1 atom stereocenters. The van der Waals surface area contributed by atoms with Crippen molar-refractivity contribution in [2.75, 3.05) is 0 Å². The highest BCUT2D eigenvalue weighted by Gasteiger charge is 2.13. The predicted molar refractivity (Wildman–Crippen MR) is 68.7 cm³/mol. The summed E-state index contributed by atoms with van der Waals surface area (Å²) in [5.74, 6) is 1.21. The average molecular weight is 216 g/mol. The van der Waals surface area contributed by atoms with Crippen LogP contribution in [0.1, 0.15) is 45.5 Å². The molecule has 1 aromatic heterocycles. The van der Waals surface area contributed by atoms with Gasteiger partial charge in [-0.3, -0.25) is 0 Å². The van der Waals surface area contributed by atoms with Crippen LogP contribution in [0.2, 0.25) is 0 Å². The fourth-order valence-corrected chi connectivity index (χ4v) is 2.38. The van der Waals surface area contributed by atoms with Gasteiger partial charge in [0.2, 0.25) is 0 Å². The Balaban J connectivity index is 2.55. The summed E-state index contributed by atoms with van der Waals surface area (Å²) in [5.41, 5.74) is 2.41. The van der Waals surface area contributed by atoms with E-state index in [1.807, 2.05) is 0 Å². The molecule has 0 saturated heterocycles. The molecule has 86 valence electrons. The maximum Gasteiger partial charge on any atom is 0.109 e. The molecule has 0 fully saturated rings. The Morgan fingerprint density at radius 3 is 2.69 bits per heavy atom. The highest BCUT2D eigenvalue weighted by molar-refractivity contribution is 5.76. The molecule has 16 heavy (non-hydrogen) atoms. The molecule has 2 rings (SSSR count). The van der Waals surface area contributed by atoms with Crippen LogP contribution in [-0.4, -0.2) is 9.55 Å². The Labute approximate surface area is 97.3 Å². The third-order valence-electron chi connectivity index (χ3n) is 3.13. The number of rotatable bonds is 4. The monoisotopic (exact) mass is 216 g/mol. The lowest BCUT2D eigenvalue weighted by molar-refractivity contribution is 0.496. The summed E-state index contributed by atoms with van der Waals surface area (Å²) in [6.45, 7) is 6.70. The number of benzene rings is 1. The summed E-state index contributed by atoms with van der Waals surface area (Å²) in [5, 5.41) is 0. The second kappa shape index (κ2) is 4.69. The van der Waals surface area contributed by atoms with E-state index in [1.54, 1.807) is 0 Å². The molecular weight excluding hydrogens is 196 g/mol. The highest BCUT2D eigenvalue weighted by Crippen LogP contribution is 2.23. The van der Waals surface area contributed by atoms with Crippen molar-refractivity contribution in [1.82, 2.24) is 9.55 Å². The third kappa shape index (κ3) is 1.84. The summed E-state index contributed by atoms with van der Waals surface area (Å²) in [7, 11) is 0. The average Bonchev–Trinajstić information content (AvgIpc) is 2.67. The first-order valence-corrected chi connectivity index (χ1v) is 6.23. The van der Waals surface area contributed by atoms with Gasteiger partial charge in [0.25, 0.3) is 0 Å². The van der Waals surface area contributed by atoms with Crippen LogP contribution < -0.4 is 0 Å². The smallest absolute Gasteiger partial charge is 0.109 e. The molecule has 1 aromatic carbocycles. The highest BCUT2D eigenvalue weighted by atomic mass is 15.1. The van der Waals surface area contributed by atoms with E-state index in [4.69, 9.17) is 4.98 Å². The molecule has 2 aromatic rings. The fraction of sp³-hybridized carbons (Fsp3) is 0.500. The number of hydrogen-bond acceptors (Lipinski definition) is 1. The molecule has 0 radical (unpaired) electrons. The van der Waals surface area contributed by atoms with E-state index >= 15 is 0 Å². The normalized spacial score (nSPS) is 13.2. The number of para-hydroxylation sites is 2. The van der Waals surface area contributed by atoms with Crippen LogP contribution in [0.3, 0.4) is 0 Å². The van der Waals surface area contributed by atoms with E-state index in [0.717, 1.165) is 11.9 Å². The minimum atomic E-state index is 0.548. The van der Waals surface area contributed by atoms with Crippen LogP contribution in [0.25, 0.3) is 11.0 Å². The van der Waals surface area contributed by atoms with Crippen molar-refractivity contribution in [3.63, 3.8) is 0 Å². The van der Waals surface area contributed by atoms with Gasteiger partial charge in [-0.2, -0.15) is 0 Å². The molecule has 0 aliphatic rings. The zero-order valence-corrected chi connectivity index (χ0v) is 10.4. The van der Waals surface area contributed by atoms with Gasteiger partial charge in [-0.15, -0.1) is 0 Å². The van der Waals surface area contributed by atoms with Crippen LogP contribution in [0.4, 0.5) is 0 Å². The second-order valence-corrected chi connectivity index (χ2v) is 4.38. The molecule has 0 aliphatic heterocycles. The van der Waals surface area contributed by atoms with E-state index < -0.39 is 0 Å². The first-order chi connectivity index (χ1) is 7.77. The molecular formula is C14H20N2. The summed E-state index contributed by atoms with van der Waals surface area (Å²) >= 11 is 0. The number of imidazole rings is 1. The molecule has 0 spiro atoms. The molecule has 1 heterocycles. The minimum Gasteiger partial charge on any atom is -0.325 e. The Hall–Kier alpha value is -1.31. The Kier molecular flexibility index (Phi) is 3.28. The van der Waals surface area contributed by atoms with Gasteiger partial charge in [-0.05, 0) is 25.5 Å². The fourth-order valence-electron chi connectivity index (χ4n) is 2.38. The standard InChI is InChI=1S/C14H20N2/c1-4-8-11(3)16-13-10-7-6-9-12(13)15-14(16)5-2/h6-7,9-11H,4-5,8H2,1-3H3. The zero-order valence-electron chi connectivity index (χ0n) is 10.4. The molecule has 2 heteroatoms. The van der Waals surface area contributed by atoms with Gasteiger partial charge in [-0.1, -0.05) is 32.4 Å². The molecule has 0 N–H and O–H groups in total. The second-order valence-electron chi connectivity index (χ2n) is 4.38. The number of aromatic nitrogens is 2. The number of fused-ring (bicyclic) bond motifs is 1. The molecule has 1 unspecified atom stereocenters. The SMILES string of the molecule is CCCC(C)n1c(CC)nc2ccccc21. The zero-order chi connectivity index (χ0) is 11.5. The summed E-state index contributed by atoms with van der Waals surface area (Å²) in [4.78, 5) is 4.70. The van der Waals surface area contributed by atoms with E-state index in [-0.39, 0.29) is 0 Å². The van der Waals surface area contributed by atoms with Crippen molar-refractivity contribution in [2.24, 2.45) is 0 Å². The Morgan fingerprint density at radius 1 is 1.25 bits per heavy atom. The van der Waals surface area contributed by atoms with Gasteiger partial charge in [0.15, 0.2) is 0 Å². The first kappa shape index (κ1) is 11.2. The maximum absolute atomic E-state index is 4.70. The summed E-state index contributed by atoms with van der Waals surface area (Å²) < 4.78 is 2.40. The number of aryl methyl sites for hydroxylation is 1. The van der Waals surface area contributed by atoms with Crippen LogP contribution in [0.5, 0.6) is 0 Å². The quantitative estimate of drug-likeness (QED) is 0.756.